The summed E-state index contributed by atoms with van der Waals surface area (Å²) in [7, 11) is 0. The second kappa shape index (κ2) is 16.4. The van der Waals surface area contributed by atoms with Crippen molar-refractivity contribution in [1.29, 1.82) is 0 Å². The van der Waals surface area contributed by atoms with Gasteiger partial charge < -0.3 is 4.79 Å². The fourth-order valence-electron chi connectivity index (χ4n) is 0.126. The highest BCUT2D eigenvalue weighted by Gasteiger charge is 1.62. The van der Waals surface area contributed by atoms with E-state index >= 15 is 0 Å². The number of halogens is 3. The van der Waals surface area contributed by atoms with E-state index < -0.39 is 0 Å². The van der Waals surface area contributed by atoms with Gasteiger partial charge in [0.25, 0.3) is 0 Å². The lowest BCUT2D eigenvalue weighted by atomic mass is 10.6. The zero-order chi connectivity index (χ0) is 8.24. The molecule has 0 unspecified atom stereocenters. The fraction of sp³-hybridized carbons (Fsp3) is 0.500. The molecule has 4 heteroatoms. The topological polar surface area (TPSA) is 17.1 Å². The number of hydrogen-bond acceptors (Lipinski definition) is 1. The smallest absolute Gasteiger partial charge is 0.130 e. The molecule has 0 aromatic carbocycles. The van der Waals surface area contributed by atoms with Gasteiger partial charge >= 0.3 is 0 Å². The van der Waals surface area contributed by atoms with Crippen molar-refractivity contribution in [3.63, 3.8) is 0 Å². The van der Waals surface area contributed by atoms with Crippen LogP contribution in [-0.2, 0) is 4.79 Å². The van der Waals surface area contributed by atoms with Crippen molar-refractivity contribution in [3.8, 4) is 0 Å². The molecule has 0 aromatic rings. The summed E-state index contributed by atoms with van der Waals surface area (Å²) < 4.78 is 0. The third-order valence-corrected chi connectivity index (χ3v) is 1.42. The Hall–Kier alpha value is 0.850. The highest BCUT2D eigenvalue weighted by Crippen LogP contribution is 1.84. The van der Waals surface area contributed by atoms with Crippen LogP contribution in [-0.4, -0.2) is 22.3 Å². The van der Waals surface area contributed by atoms with Crippen molar-refractivity contribution < 1.29 is 4.79 Å². The molecule has 0 rings (SSSR count). The molecule has 0 saturated heterocycles. The average Bonchev–Trinajstić information content (AvgIpc) is 2.01. The van der Waals surface area contributed by atoms with Crippen LogP contribution >= 0.6 is 47.8 Å². The zero-order valence-corrected chi connectivity index (χ0v) is 10.2. The number of hydrogen-bond donors (Lipinski definition) is 0. The van der Waals surface area contributed by atoms with Gasteiger partial charge in [-0.3, -0.25) is 0 Å². The molecule has 0 N–H and O–H groups in total. The van der Waals surface area contributed by atoms with E-state index in [4.69, 9.17) is 4.79 Å². The third kappa shape index (κ3) is 23.2. The molecule has 0 fully saturated rings. The maximum atomic E-state index is 9.13. The van der Waals surface area contributed by atoms with Crippen LogP contribution in [0.5, 0.6) is 0 Å². The van der Waals surface area contributed by atoms with Gasteiger partial charge in [0.15, 0.2) is 0 Å². The number of rotatable bonds is 3. The summed E-state index contributed by atoms with van der Waals surface area (Å²) in [4.78, 5) is 9.13. The second-order valence-electron chi connectivity index (χ2n) is 1.10. The van der Waals surface area contributed by atoms with Gasteiger partial charge in [-0.25, -0.2) is 0 Å². The highest BCUT2D eigenvalue weighted by molar-refractivity contribution is 9.09. The van der Waals surface area contributed by atoms with Crippen LogP contribution in [0.2, 0.25) is 0 Å². The van der Waals surface area contributed by atoms with E-state index in [1.54, 1.807) is 0 Å². The van der Waals surface area contributed by atoms with Crippen LogP contribution in [0.1, 0.15) is 0 Å². The van der Waals surface area contributed by atoms with Crippen LogP contribution in [0.4, 0.5) is 0 Å². The van der Waals surface area contributed by atoms with E-state index in [0.717, 1.165) is 16.9 Å². The minimum atomic E-state index is 0.451. The number of aldehydes is 1. The summed E-state index contributed by atoms with van der Waals surface area (Å²) >= 11 is 9.37. The lowest BCUT2D eigenvalue weighted by molar-refractivity contribution is -0.105. The monoisotopic (exact) mass is 334 g/mol. The molecule has 0 radical (unpaired) electrons. The fourth-order valence-corrected chi connectivity index (χ4v) is 0.655. The number of carbonyl (C=O) groups is 1. The van der Waals surface area contributed by atoms with Gasteiger partial charge in [-0.2, -0.15) is 0 Å². The van der Waals surface area contributed by atoms with Crippen LogP contribution in [0.15, 0.2) is 12.2 Å². The summed E-state index contributed by atoms with van der Waals surface area (Å²) in [5, 5.41) is 2.37. The Morgan fingerprint density at radius 1 is 0.900 bits per heavy atom. The van der Waals surface area contributed by atoms with E-state index in [-0.39, 0.29) is 0 Å². The summed E-state index contributed by atoms with van der Waals surface area (Å²) in [6.45, 7) is 0. The lowest BCUT2D eigenvalue weighted by Crippen LogP contribution is -1.61. The van der Waals surface area contributed by atoms with Gasteiger partial charge in [-0.15, -0.1) is 0 Å². The van der Waals surface area contributed by atoms with E-state index in [2.05, 4.69) is 59.9 Å². The summed E-state index contributed by atoms with van der Waals surface area (Å²) in [6, 6.07) is 0. The summed E-state index contributed by atoms with van der Waals surface area (Å²) in [5.74, 6) is 0. The zero-order valence-electron chi connectivity index (χ0n) is 5.40. The molecule has 1 nitrogen and oxygen atoms in total. The molecule has 0 aliphatic heterocycles. The molecule has 10 heavy (non-hydrogen) atoms. The minimum Gasteiger partial charge on any atom is -0.302 e. The number of carbonyl (C=O) groups excluding carboxylic acids is 1. The molecule has 0 aliphatic carbocycles. The Morgan fingerprint density at radius 3 is 1.30 bits per heavy atom. The summed E-state index contributed by atoms with van der Waals surface area (Å²) in [5.41, 5.74) is 0. The Kier molecular flexibility index (Phi) is 22.1. The predicted octanol–water partition coefficient (Wildman–Crippen LogP) is 2.91. The van der Waals surface area contributed by atoms with Crippen LogP contribution in [0.3, 0.4) is 0 Å². The Bertz CT molecular complexity index is 77.1. The van der Waals surface area contributed by atoms with E-state index in [1.165, 1.54) is 0 Å². The molecule has 0 atom stereocenters. The van der Waals surface area contributed by atoms with Crippen molar-refractivity contribution >= 4 is 54.1 Å². The second-order valence-corrected chi connectivity index (χ2v) is 3.04. The molecule has 0 aliphatic rings. The minimum absolute atomic E-state index is 0.451. The molecule has 60 valence electrons. The Balaban J connectivity index is 0. The summed E-state index contributed by atoms with van der Waals surface area (Å²) in [6.07, 6.45) is 4.89. The standard InChI is InChI=1S/C4H6Br2.C2H3BrO/c5-3-1-2-4-6;3-1-2-4/h1-2H,3-4H2;2H,1H2/b2-1+;. The molecular formula is C6H9Br3O. The van der Waals surface area contributed by atoms with Gasteiger partial charge in [0.05, 0.1) is 5.33 Å². The van der Waals surface area contributed by atoms with Crippen LogP contribution in [0, 0.1) is 0 Å². The number of alkyl halides is 3. The maximum absolute atomic E-state index is 9.13. The van der Waals surface area contributed by atoms with Crippen molar-refractivity contribution in [3.05, 3.63) is 12.2 Å². The van der Waals surface area contributed by atoms with E-state index in [0.29, 0.717) is 5.33 Å². The Morgan fingerprint density at radius 2 is 1.20 bits per heavy atom. The van der Waals surface area contributed by atoms with Crippen molar-refractivity contribution in [2.45, 2.75) is 0 Å². The van der Waals surface area contributed by atoms with Gasteiger partial charge in [-0.05, 0) is 0 Å². The van der Waals surface area contributed by atoms with Crippen molar-refractivity contribution in [2.24, 2.45) is 0 Å². The lowest BCUT2D eigenvalue weighted by Gasteiger charge is -1.70. The highest BCUT2D eigenvalue weighted by atomic mass is 79.9. The first-order valence-corrected chi connectivity index (χ1v) is 5.96. The molecule has 0 spiro atoms. The van der Waals surface area contributed by atoms with Crippen LogP contribution in [0.25, 0.3) is 0 Å². The van der Waals surface area contributed by atoms with Gasteiger partial charge in [-0.1, -0.05) is 59.9 Å². The molecule has 0 saturated carbocycles. The average molecular weight is 337 g/mol. The van der Waals surface area contributed by atoms with Crippen molar-refractivity contribution in [1.82, 2.24) is 0 Å². The van der Waals surface area contributed by atoms with Gasteiger partial charge in [0.1, 0.15) is 6.29 Å². The molecular weight excluding hydrogens is 328 g/mol. The third-order valence-electron chi connectivity index (χ3n) is 0.408. The van der Waals surface area contributed by atoms with Crippen LogP contribution < -0.4 is 0 Å². The molecule has 0 amide bonds. The quantitative estimate of drug-likeness (QED) is 0.440. The molecule has 0 heterocycles. The van der Waals surface area contributed by atoms with E-state index in [1.807, 2.05) is 0 Å². The molecule has 0 aromatic heterocycles. The SMILES string of the molecule is BrC/C=C/CBr.O=CCBr. The first-order valence-electron chi connectivity index (χ1n) is 2.60. The number of allylic oxidation sites excluding steroid dienone is 2. The normalized spacial score (nSPS) is 8.70. The van der Waals surface area contributed by atoms with Gasteiger partial charge in [0, 0.05) is 10.7 Å². The predicted molar refractivity (Wildman–Crippen MR) is 56.6 cm³/mol. The van der Waals surface area contributed by atoms with Crippen molar-refractivity contribution in [2.75, 3.05) is 16.0 Å². The van der Waals surface area contributed by atoms with E-state index in [9.17, 15) is 0 Å². The largest absolute Gasteiger partial charge is 0.302 e. The Labute approximate surface area is 86.6 Å². The first-order chi connectivity index (χ1) is 4.83. The maximum Gasteiger partial charge on any atom is 0.130 e. The van der Waals surface area contributed by atoms with Gasteiger partial charge in [0.2, 0.25) is 0 Å². The first kappa shape index (κ1) is 13.4. The molecule has 0 bridgehead atoms.